The van der Waals surface area contributed by atoms with E-state index in [4.69, 9.17) is 0 Å². The summed E-state index contributed by atoms with van der Waals surface area (Å²) in [5.41, 5.74) is 1.45. The lowest BCUT2D eigenvalue weighted by Crippen LogP contribution is -2.34. The molecule has 1 aromatic rings. The fourth-order valence-electron chi connectivity index (χ4n) is 1.99. The summed E-state index contributed by atoms with van der Waals surface area (Å²) in [5, 5.41) is 8.36. The molecule has 1 aromatic carbocycles. The van der Waals surface area contributed by atoms with Crippen molar-refractivity contribution in [2.45, 2.75) is 33.2 Å². The van der Waals surface area contributed by atoms with E-state index in [1.807, 2.05) is 13.8 Å². The summed E-state index contributed by atoms with van der Waals surface area (Å²) in [5.74, 6) is 0.732. The molecule has 108 valence electrons. The Balaban J connectivity index is 1.86. The third kappa shape index (κ3) is 3.98. The number of rotatable bonds is 4. The molecule has 2 atom stereocenters. The Hall–Kier alpha value is -2.04. The Morgan fingerprint density at radius 3 is 2.05 bits per heavy atom. The van der Waals surface area contributed by atoms with Crippen molar-refractivity contribution in [1.82, 2.24) is 5.32 Å². The van der Waals surface area contributed by atoms with Crippen LogP contribution in [-0.2, 0) is 4.79 Å². The van der Waals surface area contributed by atoms with Crippen LogP contribution in [0.4, 0.5) is 16.2 Å². The summed E-state index contributed by atoms with van der Waals surface area (Å²) < 4.78 is 0. The Kier molecular flexibility index (Phi) is 4.27. The highest BCUT2D eigenvalue weighted by Gasteiger charge is 2.38. The number of benzene rings is 1. The Morgan fingerprint density at radius 1 is 1.10 bits per heavy atom. The van der Waals surface area contributed by atoms with Crippen LogP contribution in [0.25, 0.3) is 0 Å². The molecule has 0 bridgehead atoms. The normalized spacial score (nSPS) is 20.4. The van der Waals surface area contributed by atoms with Gasteiger partial charge in [-0.05, 0) is 50.5 Å². The molecule has 1 aliphatic carbocycles. The number of urea groups is 1. The molecule has 3 amide bonds. The summed E-state index contributed by atoms with van der Waals surface area (Å²) >= 11 is 0. The summed E-state index contributed by atoms with van der Waals surface area (Å²) in [4.78, 5) is 23.3. The van der Waals surface area contributed by atoms with E-state index in [9.17, 15) is 9.59 Å². The molecule has 1 aliphatic rings. The van der Waals surface area contributed by atoms with Crippen LogP contribution in [-0.4, -0.2) is 18.0 Å². The smallest absolute Gasteiger partial charge is 0.319 e. The van der Waals surface area contributed by atoms with Crippen molar-refractivity contribution in [3.8, 4) is 0 Å². The van der Waals surface area contributed by atoms with E-state index in [1.165, 1.54) is 0 Å². The lowest BCUT2D eigenvalue weighted by Gasteiger charge is -2.11. The lowest BCUT2D eigenvalue weighted by molar-refractivity contribution is -0.117. The van der Waals surface area contributed by atoms with Gasteiger partial charge in [-0.15, -0.1) is 0 Å². The largest absolute Gasteiger partial charge is 0.336 e. The zero-order valence-electron chi connectivity index (χ0n) is 12.1. The second kappa shape index (κ2) is 5.94. The van der Waals surface area contributed by atoms with Gasteiger partial charge in [0.1, 0.15) is 0 Å². The molecule has 0 aromatic heterocycles. The van der Waals surface area contributed by atoms with Gasteiger partial charge in [-0.1, -0.05) is 6.92 Å². The molecule has 1 saturated carbocycles. The van der Waals surface area contributed by atoms with Gasteiger partial charge in [-0.2, -0.15) is 0 Å². The SMILES string of the molecule is CC(C)NC(=O)Nc1ccc(NC(=O)C2CC2C)cc1. The minimum absolute atomic E-state index is 0.0794. The van der Waals surface area contributed by atoms with E-state index in [2.05, 4.69) is 22.9 Å². The first kappa shape index (κ1) is 14.4. The number of carbonyl (C=O) groups is 2. The van der Waals surface area contributed by atoms with Crippen molar-refractivity contribution in [1.29, 1.82) is 0 Å². The predicted molar refractivity (Wildman–Crippen MR) is 79.6 cm³/mol. The highest BCUT2D eigenvalue weighted by atomic mass is 16.2. The molecule has 5 nitrogen and oxygen atoms in total. The fraction of sp³-hybridized carbons (Fsp3) is 0.467. The molecule has 20 heavy (non-hydrogen) atoms. The number of carbonyl (C=O) groups excluding carboxylic acids is 2. The van der Waals surface area contributed by atoms with Gasteiger partial charge < -0.3 is 16.0 Å². The number of nitrogens with one attached hydrogen (secondary N) is 3. The zero-order chi connectivity index (χ0) is 14.7. The third-order valence-electron chi connectivity index (χ3n) is 3.28. The van der Waals surface area contributed by atoms with Crippen LogP contribution < -0.4 is 16.0 Å². The summed E-state index contributed by atoms with van der Waals surface area (Å²) in [7, 11) is 0. The third-order valence-corrected chi connectivity index (χ3v) is 3.28. The monoisotopic (exact) mass is 275 g/mol. The Bertz CT molecular complexity index is 496. The maximum absolute atomic E-state index is 11.8. The lowest BCUT2D eigenvalue weighted by atomic mass is 10.2. The molecular formula is C15H21N3O2. The van der Waals surface area contributed by atoms with Gasteiger partial charge in [0.15, 0.2) is 0 Å². The van der Waals surface area contributed by atoms with Crippen molar-refractivity contribution in [3.05, 3.63) is 24.3 Å². The van der Waals surface area contributed by atoms with Gasteiger partial charge >= 0.3 is 6.03 Å². The number of hydrogen-bond donors (Lipinski definition) is 3. The van der Waals surface area contributed by atoms with Gasteiger partial charge in [0.25, 0.3) is 0 Å². The predicted octanol–water partition coefficient (Wildman–Crippen LogP) is 2.81. The topological polar surface area (TPSA) is 70.2 Å². The second-order valence-corrected chi connectivity index (χ2v) is 5.64. The first-order valence-electron chi connectivity index (χ1n) is 6.94. The van der Waals surface area contributed by atoms with Crippen molar-refractivity contribution in [2.24, 2.45) is 11.8 Å². The van der Waals surface area contributed by atoms with Gasteiger partial charge in [0.2, 0.25) is 5.91 Å². The average Bonchev–Trinajstić information content (AvgIpc) is 3.08. The molecule has 0 aliphatic heterocycles. The van der Waals surface area contributed by atoms with Gasteiger partial charge in [0, 0.05) is 23.3 Å². The van der Waals surface area contributed by atoms with Crippen LogP contribution in [0.5, 0.6) is 0 Å². The summed E-state index contributed by atoms with van der Waals surface area (Å²) in [6.07, 6.45) is 0.973. The van der Waals surface area contributed by atoms with Crippen molar-refractivity contribution >= 4 is 23.3 Å². The minimum Gasteiger partial charge on any atom is -0.336 e. The van der Waals surface area contributed by atoms with Crippen LogP contribution in [0.15, 0.2) is 24.3 Å². The van der Waals surface area contributed by atoms with E-state index in [0.29, 0.717) is 11.6 Å². The minimum atomic E-state index is -0.233. The summed E-state index contributed by atoms with van der Waals surface area (Å²) in [6, 6.07) is 6.97. The van der Waals surface area contributed by atoms with Gasteiger partial charge in [-0.25, -0.2) is 4.79 Å². The quantitative estimate of drug-likeness (QED) is 0.790. The van der Waals surface area contributed by atoms with Crippen molar-refractivity contribution in [3.63, 3.8) is 0 Å². The standard InChI is InChI=1S/C15H21N3O2/c1-9(2)16-15(20)18-12-6-4-11(5-7-12)17-14(19)13-8-10(13)3/h4-7,9-10,13H,8H2,1-3H3,(H,17,19)(H2,16,18,20). The van der Waals surface area contributed by atoms with E-state index in [-0.39, 0.29) is 23.9 Å². The van der Waals surface area contributed by atoms with Crippen LogP contribution >= 0.6 is 0 Å². The molecule has 1 fully saturated rings. The maximum atomic E-state index is 11.8. The van der Waals surface area contributed by atoms with Crippen LogP contribution in [0.1, 0.15) is 27.2 Å². The Labute approximate surface area is 119 Å². The second-order valence-electron chi connectivity index (χ2n) is 5.64. The molecule has 0 saturated heterocycles. The first-order valence-corrected chi connectivity index (χ1v) is 6.94. The van der Waals surface area contributed by atoms with E-state index < -0.39 is 0 Å². The van der Waals surface area contributed by atoms with Crippen LogP contribution in [0.3, 0.4) is 0 Å². The van der Waals surface area contributed by atoms with Crippen LogP contribution in [0, 0.1) is 11.8 Å². The summed E-state index contributed by atoms with van der Waals surface area (Å²) in [6.45, 7) is 5.87. The highest BCUT2D eigenvalue weighted by Crippen LogP contribution is 2.38. The zero-order valence-corrected chi connectivity index (χ0v) is 12.1. The molecule has 5 heteroatoms. The number of anilines is 2. The highest BCUT2D eigenvalue weighted by molar-refractivity contribution is 5.95. The Morgan fingerprint density at radius 2 is 1.60 bits per heavy atom. The van der Waals surface area contributed by atoms with Gasteiger partial charge in [-0.3, -0.25) is 4.79 Å². The number of amides is 3. The van der Waals surface area contributed by atoms with Crippen LogP contribution in [0.2, 0.25) is 0 Å². The van der Waals surface area contributed by atoms with E-state index >= 15 is 0 Å². The van der Waals surface area contributed by atoms with E-state index in [0.717, 1.165) is 12.1 Å². The molecule has 2 rings (SSSR count). The maximum Gasteiger partial charge on any atom is 0.319 e. The molecule has 0 heterocycles. The molecular weight excluding hydrogens is 254 g/mol. The fourth-order valence-corrected chi connectivity index (χ4v) is 1.99. The number of hydrogen-bond acceptors (Lipinski definition) is 2. The van der Waals surface area contributed by atoms with Crippen molar-refractivity contribution in [2.75, 3.05) is 10.6 Å². The van der Waals surface area contributed by atoms with Crippen molar-refractivity contribution < 1.29 is 9.59 Å². The molecule has 3 N–H and O–H groups in total. The molecule has 0 spiro atoms. The van der Waals surface area contributed by atoms with E-state index in [1.54, 1.807) is 24.3 Å². The first-order chi connectivity index (χ1) is 9.45. The average molecular weight is 275 g/mol. The molecule has 0 radical (unpaired) electrons. The molecule has 2 unspecified atom stereocenters. The van der Waals surface area contributed by atoms with Gasteiger partial charge in [0.05, 0.1) is 0 Å².